The second-order valence-corrected chi connectivity index (χ2v) is 5.99. The highest BCUT2D eigenvalue weighted by Gasteiger charge is 2.35. The molecule has 0 fully saturated rings. The first-order chi connectivity index (χ1) is 11.2. The van der Waals surface area contributed by atoms with Crippen molar-refractivity contribution in [2.45, 2.75) is 18.9 Å². The van der Waals surface area contributed by atoms with Crippen LogP contribution < -0.4 is 14.8 Å². The van der Waals surface area contributed by atoms with Gasteiger partial charge in [0.2, 0.25) is 0 Å². The van der Waals surface area contributed by atoms with E-state index in [1.807, 2.05) is 12.1 Å². The van der Waals surface area contributed by atoms with Crippen LogP contribution in [0.5, 0.6) is 23.0 Å². The molecule has 3 N–H and O–H groups in total. The maximum Gasteiger partial charge on any atom is 0.169 e. The van der Waals surface area contributed by atoms with Crippen molar-refractivity contribution in [2.24, 2.45) is 0 Å². The summed E-state index contributed by atoms with van der Waals surface area (Å²) in [6.07, 6.45) is 1.67. The van der Waals surface area contributed by atoms with Crippen LogP contribution in [0, 0.1) is 0 Å². The number of nitrogens with one attached hydrogen (secondary N) is 1. The second kappa shape index (κ2) is 5.06. The highest BCUT2D eigenvalue weighted by molar-refractivity contribution is 5.88. The zero-order valence-corrected chi connectivity index (χ0v) is 13.1. The average Bonchev–Trinajstić information content (AvgIpc) is 2.57. The fourth-order valence-electron chi connectivity index (χ4n) is 3.86. The Morgan fingerprint density at radius 3 is 2.65 bits per heavy atom. The lowest BCUT2D eigenvalue weighted by Crippen LogP contribution is -2.34. The predicted molar refractivity (Wildman–Crippen MR) is 86.5 cm³/mol. The first-order valence-corrected chi connectivity index (χ1v) is 7.71. The number of aromatic hydroxyl groups is 2. The van der Waals surface area contributed by atoms with Crippen LogP contribution in [0.25, 0.3) is 11.1 Å². The molecule has 1 unspecified atom stereocenters. The normalized spacial score (nSPS) is 18.1. The summed E-state index contributed by atoms with van der Waals surface area (Å²) in [6.45, 7) is 0.909. The lowest BCUT2D eigenvalue weighted by molar-refractivity contribution is 0.352. The van der Waals surface area contributed by atoms with Gasteiger partial charge in [-0.2, -0.15) is 0 Å². The predicted octanol–water partition coefficient (Wildman–Crippen LogP) is 2.52. The average molecular weight is 313 g/mol. The second-order valence-electron chi connectivity index (χ2n) is 5.99. The van der Waals surface area contributed by atoms with Gasteiger partial charge in [0.25, 0.3) is 0 Å². The van der Waals surface area contributed by atoms with Gasteiger partial charge in [0, 0.05) is 17.2 Å². The van der Waals surface area contributed by atoms with E-state index in [0.29, 0.717) is 17.1 Å². The molecule has 1 aliphatic heterocycles. The van der Waals surface area contributed by atoms with Gasteiger partial charge in [-0.05, 0) is 48.2 Å². The van der Waals surface area contributed by atoms with Crippen LogP contribution in [0.2, 0.25) is 0 Å². The van der Waals surface area contributed by atoms with E-state index < -0.39 is 0 Å². The highest BCUT2D eigenvalue weighted by Crippen LogP contribution is 2.54. The Bertz CT molecular complexity index is 800. The van der Waals surface area contributed by atoms with E-state index in [4.69, 9.17) is 9.47 Å². The molecule has 1 atom stereocenters. The van der Waals surface area contributed by atoms with Crippen LogP contribution in [0.4, 0.5) is 0 Å². The molecule has 0 spiro atoms. The van der Waals surface area contributed by atoms with Gasteiger partial charge in [-0.25, -0.2) is 0 Å². The molecular formula is C18H19NO4. The van der Waals surface area contributed by atoms with Crippen LogP contribution in [0.3, 0.4) is 0 Å². The Kier molecular flexibility index (Phi) is 3.13. The van der Waals surface area contributed by atoms with E-state index >= 15 is 0 Å². The Morgan fingerprint density at radius 2 is 1.91 bits per heavy atom. The van der Waals surface area contributed by atoms with E-state index in [1.54, 1.807) is 14.2 Å². The maximum absolute atomic E-state index is 10.5. The summed E-state index contributed by atoms with van der Waals surface area (Å²) in [5.74, 6) is 1.03. The molecule has 1 heterocycles. The summed E-state index contributed by atoms with van der Waals surface area (Å²) in [5, 5.41) is 24.0. The van der Waals surface area contributed by atoms with Gasteiger partial charge in [0.15, 0.2) is 23.0 Å². The van der Waals surface area contributed by atoms with Crippen LogP contribution in [0.15, 0.2) is 18.2 Å². The van der Waals surface area contributed by atoms with Gasteiger partial charge < -0.3 is 25.0 Å². The fraction of sp³-hybridized carbons (Fsp3) is 0.333. The van der Waals surface area contributed by atoms with Crippen molar-refractivity contribution in [1.82, 2.24) is 5.32 Å². The molecule has 4 rings (SSSR count). The standard InChI is InChI=1S/C18H19NO4/c1-22-13-8-10-5-6-19-11-7-9-3-4-12(20)17(21)15(9)16(14(10)11)18(13)23-2/h3-4,8,11,19-21H,5-7H2,1-2H3. The van der Waals surface area contributed by atoms with Crippen molar-refractivity contribution < 1.29 is 19.7 Å². The van der Waals surface area contributed by atoms with E-state index in [0.717, 1.165) is 36.1 Å². The Morgan fingerprint density at radius 1 is 1.09 bits per heavy atom. The molecule has 23 heavy (non-hydrogen) atoms. The molecule has 0 saturated carbocycles. The molecule has 2 aromatic carbocycles. The number of phenolic OH excluding ortho intramolecular Hbond substituents is 2. The molecule has 2 aromatic rings. The summed E-state index contributed by atoms with van der Waals surface area (Å²) in [7, 11) is 3.21. The minimum absolute atomic E-state index is 0.0970. The SMILES string of the molecule is COc1cc2c3c(c1OC)-c1c(ccc(O)c1O)CC3NCC2. The first kappa shape index (κ1) is 14.2. The molecule has 120 valence electrons. The summed E-state index contributed by atoms with van der Waals surface area (Å²) < 4.78 is 11.1. The van der Waals surface area contributed by atoms with Gasteiger partial charge in [0.1, 0.15) is 0 Å². The summed E-state index contributed by atoms with van der Waals surface area (Å²) in [4.78, 5) is 0. The minimum atomic E-state index is -0.121. The van der Waals surface area contributed by atoms with Gasteiger partial charge in [-0.15, -0.1) is 0 Å². The van der Waals surface area contributed by atoms with E-state index in [9.17, 15) is 10.2 Å². The summed E-state index contributed by atoms with van der Waals surface area (Å²) in [6, 6.07) is 5.61. The van der Waals surface area contributed by atoms with Crippen LogP contribution >= 0.6 is 0 Å². The lowest BCUT2D eigenvalue weighted by Gasteiger charge is -2.36. The van der Waals surface area contributed by atoms with Gasteiger partial charge in [-0.1, -0.05) is 6.07 Å². The largest absolute Gasteiger partial charge is 0.504 e. The number of fused-ring (bicyclic) bond motifs is 2. The molecule has 0 aromatic heterocycles. The molecule has 5 heteroatoms. The number of benzene rings is 2. The number of hydrogen-bond donors (Lipinski definition) is 3. The Labute approximate surface area is 134 Å². The molecule has 0 bridgehead atoms. The van der Waals surface area contributed by atoms with E-state index in [-0.39, 0.29) is 17.5 Å². The molecule has 1 aliphatic carbocycles. The van der Waals surface area contributed by atoms with E-state index in [2.05, 4.69) is 5.32 Å². The Hall–Kier alpha value is -2.40. The van der Waals surface area contributed by atoms with E-state index in [1.165, 1.54) is 11.6 Å². The van der Waals surface area contributed by atoms with Gasteiger partial charge in [-0.3, -0.25) is 0 Å². The highest BCUT2D eigenvalue weighted by atomic mass is 16.5. The molecular weight excluding hydrogens is 294 g/mol. The topological polar surface area (TPSA) is 71.0 Å². The van der Waals surface area contributed by atoms with Crippen molar-refractivity contribution in [1.29, 1.82) is 0 Å². The lowest BCUT2D eigenvalue weighted by atomic mass is 9.77. The molecule has 5 nitrogen and oxygen atoms in total. The fourth-order valence-corrected chi connectivity index (χ4v) is 3.86. The molecule has 0 saturated heterocycles. The summed E-state index contributed by atoms with van der Waals surface area (Å²) >= 11 is 0. The first-order valence-electron chi connectivity index (χ1n) is 7.71. The third kappa shape index (κ3) is 1.90. The third-order valence-electron chi connectivity index (χ3n) is 4.85. The minimum Gasteiger partial charge on any atom is -0.504 e. The smallest absolute Gasteiger partial charge is 0.169 e. The van der Waals surface area contributed by atoms with Crippen LogP contribution in [-0.2, 0) is 12.8 Å². The van der Waals surface area contributed by atoms with Gasteiger partial charge >= 0.3 is 0 Å². The third-order valence-corrected chi connectivity index (χ3v) is 4.85. The number of phenols is 2. The zero-order valence-electron chi connectivity index (χ0n) is 13.1. The van der Waals surface area contributed by atoms with Crippen LogP contribution in [-0.4, -0.2) is 31.0 Å². The quantitative estimate of drug-likeness (QED) is 0.743. The van der Waals surface area contributed by atoms with Crippen molar-refractivity contribution in [3.05, 3.63) is 34.9 Å². The Balaban J connectivity index is 2.13. The zero-order chi connectivity index (χ0) is 16.1. The number of rotatable bonds is 2. The number of methoxy groups -OCH3 is 2. The summed E-state index contributed by atoms with van der Waals surface area (Å²) in [5.41, 5.74) is 4.81. The van der Waals surface area contributed by atoms with Gasteiger partial charge in [0.05, 0.1) is 14.2 Å². The maximum atomic E-state index is 10.5. The number of hydrogen-bond acceptors (Lipinski definition) is 5. The van der Waals surface area contributed by atoms with Crippen molar-refractivity contribution >= 4 is 0 Å². The van der Waals surface area contributed by atoms with Crippen molar-refractivity contribution in [3.63, 3.8) is 0 Å². The molecule has 2 aliphatic rings. The van der Waals surface area contributed by atoms with Crippen LogP contribution in [0.1, 0.15) is 22.7 Å². The van der Waals surface area contributed by atoms with Crippen molar-refractivity contribution in [3.8, 4) is 34.1 Å². The van der Waals surface area contributed by atoms with Crippen molar-refractivity contribution in [2.75, 3.05) is 20.8 Å². The molecule has 0 amide bonds. The monoisotopic (exact) mass is 313 g/mol. The number of ether oxygens (including phenoxy) is 2. The molecule has 0 radical (unpaired) electrons.